The third kappa shape index (κ3) is 5.26. The first-order chi connectivity index (χ1) is 16.7. The fourth-order valence-electron chi connectivity index (χ4n) is 3.51. The number of amides is 3. The highest BCUT2D eigenvalue weighted by Crippen LogP contribution is 2.37. The van der Waals surface area contributed by atoms with E-state index >= 15 is 0 Å². The normalized spacial score (nSPS) is 13.7. The smallest absolute Gasteiger partial charge is 0.416 e. The molecular weight excluding hydrogens is 465 g/mol. The van der Waals surface area contributed by atoms with Crippen LogP contribution < -0.4 is 19.7 Å². The molecule has 0 spiro atoms. The van der Waals surface area contributed by atoms with Crippen LogP contribution in [0.2, 0.25) is 0 Å². The lowest BCUT2D eigenvalue weighted by atomic mass is 10.1. The molecule has 3 aromatic rings. The maximum atomic E-state index is 13.3. The van der Waals surface area contributed by atoms with Crippen LogP contribution in [0.3, 0.4) is 0 Å². The average Bonchev–Trinajstić information content (AvgIpc) is 3.17. The number of nitrogens with one attached hydrogen (secondary N) is 1. The lowest BCUT2D eigenvalue weighted by Crippen LogP contribution is -2.28. The van der Waals surface area contributed by atoms with Crippen molar-refractivity contribution in [1.29, 1.82) is 0 Å². The molecule has 35 heavy (non-hydrogen) atoms. The molecule has 1 N–H and O–H groups in total. The molecule has 1 aliphatic rings. The Morgan fingerprint density at radius 3 is 2.20 bits per heavy atom. The van der Waals surface area contributed by atoms with Crippen molar-refractivity contribution in [3.05, 3.63) is 77.9 Å². The van der Waals surface area contributed by atoms with Gasteiger partial charge in [0.05, 0.1) is 24.0 Å². The van der Waals surface area contributed by atoms with Crippen molar-refractivity contribution < 1.29 is 37.0 Å². The van der Waals surface area contributed by atoms with Crippen LogP contribution in [0.4, 0.5) is 24.5 Å². The lowest BCUT2D eigenvalue weighted by molar-refractivity contribution is -0.137. The van der Waals surface area contributed by atoms with Gasteiger partial charge in [-0.15, -0.1) is 0 Å². The van der Waals surface area contributed by atoms with E-state index in [1.165, 1.54) is 31.4 Å². The summed E-state index contributed by atoms with van der Waals surface area (Å²) in [6.07, 6.45) is -4.40. The van der Waals surface area contributed by atoms with Crippen molar-refractivity contribution in [1.82, 2.24) is 0 Å². The topological polar surface area (TPSA) is 84.9 Å². The van der Waals surface area contributed by atoms with Gasteiger partial charge in [0.25, 0.3) is 5.91 Å². The average molecular weight is 484 g/mol. The van der Waals surface area contributed by atoms with Gasteiger partial charge >= 0.3 is 6.18 Å². The third-order valence-electron chi connectivity index (χ3n) is 5.26. The van der Waals surface area contributed by atoms with E-state index in [0.717, 1.165) is 23.1 Å². The van der Waals surface area contributed by atoms with Crippen molar-refractivity contribution in [3.8, 4) is 17.2 Å². The zero-order valence-electron chi connectivity index (χ0n) is 18.4. The number of imide groups is 1. The highest BCUT2D eigenvalue weighted by Gasteiger charge is 2.32. The lowest BCUT2D eigenvalue weighted by Gasteiger charge is -2.16. The van der Waals surface area contributed by atoms with Gasteiger partial charge in [0.1, 0.15) is 11.5 Å². The molecular formula is C25H19F3N2O5. The number of halogens is 3. The van der Waals surface area contributed by atoms with E-state index in [0.29, 0.717) is 17.2 Å². The molecule has 10 heteroatoms. The Morgan fingerprint density at radius 2 is 1.57 bits per heavy atom. The molecule has 0 bridgehead atoms. The van der Waals surface area contributed by atoms with Gasteiger partial charge in [-0.1, -0.05) is 6.07 Å². The molecule has 4 rings (SSSR count). The van der Waals surface area contributed by atoms with Crippen LogP contribution in [0.1, 0.15) is 28.8 Å². The zero-order chi connectivity index (χ0) is 25.2. The summed E-state index contributed by atoms with van der Waals surface area (Å²) in [4.78, 5) is 37.7. The van der Waals surface area contributed by atoms with Crippen LogP contribution in [0, 0.1) is 0 Å². The number of anilines is 2. The Hall–Kier alpha value is -4.34. The molecule has 1 aliphatic heterocycles. The second-order valence-electron chi connectivity index (χ2n) is 7.61. The van der Waals surface area contributed by atoms with Crippen molar-refractivity contribution >= 4 is 29.1 Å². The fourth-order valence-corrected chi connectivity index (χ4v) is 3.51. The number of carbonyl (C=O) groups excluding carboxylic acids is 3. The van der Waals surface area contributed by atoms with Gasteiger partial charge in [-0.25, -0.2) is 0 Å². The van der Waals surface area contributed by atoms with Crippen LogP contribution in [-0.4, -0.2) is 24.8 Å². The number of alkyl halides is 3. The highest BCUT2D eigenvalue weighted by molar-refractivity contribution is 6.20. The fraction of sp³-hybridized carbons (Fsp3) is 0.160. The van der Waals surface area contributed by atoms with Crippen LogP contribution in [0.25, 0.3) is 0 Å². The molecule has 0 aromatic heterocycles. The van der Waals surface area contributed by atoms with E-state index in [9.17, 15) is 27.6 Å². The molecule has 3 aromatic carbocycles. The molecule has 1 fully saturated rings. The molecule has 7 nitrogen and oxygen atoms in total. The summed E-state index contributed by atoms with van der Waals surface area (Å²) in [5.41, 5.74) is -0.735. The largest absolute Gasteiger partial charge is 0.497 e. The van der Waals surface area contributed by atoms with Crippen LogP contribution in [0.15, 0.2) is 66.7 Å². The van der Waals surface area contributed by atoms with E-state index in [1.807, 2.05) is 0 Å². The summed E-state index contributed by atoms with van der Waals surface area (Å²) in [5, 5.41) is 2.45. The van der Waals surface area contributed by atoms with Crippen molar-refractivity contribution in [2.45, 2.75) is 19.0 Å². The van der Waals surface area contributed by atoms with Gasteiger partial charge in [0.15, 0.2) is 5.75 Å². The highest BCUT2D eigenvalue weighted by atomic mass is 19.4. The number of methoxy groups -OCH3 is 1. The maximum absolute atomic E-state index is 13.3. The van der Waals surface area contributed by atoms with E-state index in [-0.39, 0.29) is 41.7 Å². The standard InChI is InChI=1S/C25H19F3N2O5/c1-34-18-3-2-4-19(14-18)35-21-10-7-16(25(26,27)28)13-20(21)29-24(33)15-5-8-17(9-6-15)30-22(31)11-12-23(30)32/h2-10,13-14H,11-12H2,1H3,(H,29,33). The Morgan fingerprint density at radius 1 is 0.914 bits per heavy atom. The van der Waals surface area contributed by atoms with Gasteiger partial charge in [-0.2, -0.15) is 13.2 Å². The number of nitrogens with zero attached hydrogens (tertiary/aromatic N) is 1. The van der Waals surface area contributed by atoms with Crippen LogP contribution in [0.5, 0.6) is 17.2 Å². The molecule has 0 unspecified atom stereocenters. The van der Waals surface area contributed by atoms with Crippen molar-refractivity contribution in [2.75, 3.05) is 17.3 Å². The van der Waals surface area contributed by atoms with E-state index in [4.69, 9.17) is 9.47 Å². The Labute approximate surface area is 198 Å². The summed E-state index contributed by atoms with van der Waals surface area (Å²) in [7, 11) is 1.46. The van der Waals surface area contributed by atoms with Gasteiger partial charge in [-0.05, 0) is 54.6 Å². The van der Waals surface area contributed by atoms with Gasteiger partial charge < -0.3 is 14.8 Å². The third-order valence-corrected chi connectivity index (χ3v) is 5.26. The summed E-state index contributed by atoms with van der Waals surface area (Å²) < 4.78 is 50.8. The predicted octanol–water partition coefficient (Wildman–Crippen LogP) is 5.41. The van der Waals surface area contributed by atoms with Crippen LogP contribution in [-0.2, 0) is 15.8 Å². The minimum absolute atomic E-state index is 0.00974. The Kier molecular flexibility index (Phi) is 6.46. The van der Waals surface area contributed by atoms with E-state index in [1.54, 1.807) is 24.3 Å². The van der Waals surface area contributed by atoms with Gasteiger partial charge in [0.2, 0.25) is 11.8 Å². The summed E-state index contributed by atoms with van der Waals surface area (Å²) in [6, 6.07) is 14.8. The first kappa shape index (κ1) is 23.8. The summed E-state index contributed by atoms with van der Waals surface area (Å²) in [6.45, 7) is 0. The summed E-state index contributed by atoms with van der Waals surface area (Å²) in [5.74, 6) is -0.611. The number of hydrogen-bond donors (Lipinski definition) is 1. The minimum atomic E-state index is -4.63. The summed E-state index contributed by atoms with van der Waals surface area (Å²) >= 11 is 0. The second kappa shape index (κ2) is 9.49. The number of hydrogen-bond acceptors (Lipinski definition) is 5. The van der Waals surface area contributed by atoms with Crippen molar-refractivity contribution in [3.63, 3.8) is 0 Å². The van der Waals surface area contributed by atoms with Gasteiger partial charge in [-0.3, -0.25) is 19.3 Å². The number of carbonyl (C=O) groups is 3. The Balaban J connectivity index is 1.60. The Bertz CT molecular complexity index is 1270. The first-order valence-corrected chi connectivity index (χ1v) is 10.5. The van der Waals surface area contributed by atoms with Gasteiger partial charge in [0, 0.05) is 24.5 Å². The van der Waals surface area contributed by atoms with Crippen molar-refractivity contribution in [2.24, 2.45) is 0 Å². The quantitative estimate of drug-likeness (QED) is 0.473. The molecule has 0 aliphatic carbocycles. The maximum Gasteiger partial charge on any atom is 0.416 e. The second-order valence-corrected chi connectivity index (χ2v) is 7.61. The molecule has 0 atom stereocenters. The predicted molar refractivity (Wildman–Crippen MR) is 121 cm³/mol. The SMILES string of the molecule is COc1cccc(Oc2ccc(C(F)(F)F)cc2NC(=O)c2ccc(N3C(=O)CCC3=O)cc2)c1. The minimum Gasteiger partial charge on any atom is -0.497 e. The first-order valence-electron chi connectivity index (χ1n) is 10.5. The number of benzene rings is 3. The molecule has 3 amide bonds. The number of ether oxygens (including phenoxy) is 2. The molecule has 180 valence electrons. The number of rotatable bonds is 6. The molecule has 0 saturated carbocycles. The molecule has 0 radical (unpaired) electrons. The van der Waals surface area contributed by atoms with E-state index in [2.05, 4.69) is 5.32 Å². The van der Waals surface area contributed by atoms with E-state index < -0.39 is 17.6 Å². The zero-order valence-corrected chi connectivity index (χ0v) is 18.4. The molecule has 1 saturated heterocycles. The monoisotopic (exact) mass is 484 g/mol. The van der Waals surface area contributed by atoms with Crippen LogP contribution >= 0.6 is 0 Å². The molecule has 1 heterocycles.